The highest BCUT2D eigenvalue weighted by atomic mass is 35.5. The molecule has 1 aromatic heterocycles. The predicted molar refractivity (Wildman–Crippen MR) is 75.9 cm³/mol. The second-order valence-electron chi connectivity index (χ2n) is 4.50. The molecule has 106 valence electrons. The van der Waals surface area contributed by atoms with Crippen LogP contribution >= 0.6 is 23.2 Å². The van der Waals surface area contributed by atoms with E-state index in [4.69, 9.17) is 27.9 Å². The SMILES string of the molecule is CC(C)c1n[nH]nc1C(OC=O)c1c(Cl)cccc1Cl. The molecule has 0 saturated carbocycles. The van der Waals surface area contributed by atoms with Crippen molar-refractivity contribution < 1.29 is 9.53 Å². The highest BCUT2D eigenvalue weighted by molar-refractivity contribution is 6.36. The fourth-order valence-corrected chi connectivity index (χ4v) is 2.55. The Morgan fingerprint density at radius 3 is 2.35 bits per heavy atom. The summed E-state index contributed by atoms with van der Waals surface area (Å²) in [4.78, 5) is 10.8. The van der Waals surface area contributed by atoms with Crippen molar-refractivity contribution in [2.45, 2.75) is 25.9 Å². The van der Waals surface area contributed by atoms with E-state index in [0.717, 1.165) is 0 Å². The van der Waals surface area contributed by atoms with E-state index in [0.29, 0.717) is 33.5 Å². The first-order valence-corrected chi connectivity index (χ1v) is 6.75. The quantitative estimate of drug-likeness (QED) is 0.858. The number of rotatable bonds is 5. The minimum atomic E-state index is -0.787. The largest absolute Gasteiger partial charge is 0.453 e. The average molecular weight is 314 g/mol. The van der Waals surface area contributed by atoms with E-state index in [9.17, 15) is 4.79 Å². The Kier molecular flexibility index (Phi) is 4.62. The van der Waals surface area contributed by atoms with E-state index in [1.807, 2.05) is 13.8 Å². The zero-order valence-electron chi connectivity index (χ0n) is 10.9. The topological polar surface area (TPSA) is 67.9 Å². The van der Waals surface area contributed by atoms with Crippen molar-refractivity contribution >= 4 is 29.7 Å². The van der Waals surface area contributed by atoms with Gasteiger partial charge in [-0.15, -0.1) is 0 Å². The first-order valence-electron chi connectivity index (χ1n) is 5.99. The van der Waals surface area contributed by atoms with Gasteiger partial charge < -0.3 is 4.74 Å². The Bertz CT molecular complexity index is 593. The van der Waals surface area contributed by atoms with Crippen LogP contribution in [0.5, 0.6) is 0 Å². The maximum atomic E-state index is 10.8. The number of hydrogen-bond acceptors (Lipinski definition) is 4. The average Bonchev–Trinajstić information content (AvgIpc) is 2.86. The summed E-state index contributed by atoms with van der Waals surface area (Å²) in [5, 5.41) is 11.5. The summed E-state index contributed by atoms with van der Waals surface area (Å²) in [5.74, 6) is 0.114. The summed E-state index contributed by atoms with van der Waals surface area (Å²) in [6, 6.07) is 5.08. The lowest BCUT2D eigenvalue weighted by Gasteiger charge is -2.18. The van der Waals surface area contributed by atoms with Gasteiger partial charge in [0.15, 0.2) is 6.10 Å². The van der Waals surface area contributed by atoms with Crippen LogP contribution in [-0.4, -0.2) is 21.9 Å². The normalized spacial score (nSPS) is 12.4. The molecule has 1 atom stereocenters. The Morgan fingerprint density at radius 1 is 1.20 bits per heavy atom. The molecule has 1 unspecified atom stereocenters. The number of H-pyrrole nitrogens is 1. The number of aromatic nitrogens is 3. The summed E-state index contributed by atoms with van der Waals surface area (Å²) in [6.45, 7) is 4.28. The third-order valence-corrected chi connectivity index (χ3v) is 3.51. The highest BCUT2D eigenvalue weighted by Crippen LogP contribution is 2.37. The second-order valence-corrected chi connectivity index (χ2v) is 5.31. The van der Waals surface area contributed by atoms with Crippen LogP contribution in [0.3, 0.4) is 0 Å². The van der Waals surface area contributed by atoms with Gasteiger partial charge in [0.1, 0.15) is 5.69 Å². The standard InChI is InChI=1S/C13H13Cl2N3O2/c1-7(2)11-12(17-18-16-11)13(20-6-19)10-8(14)4-3-5-9(10)15/h3-7,13H,1-2H3,(H,16,17,18). The summed E-state index contributed by atoms with van der Waals surface area (Å²) >= 11 is 12.3. The molecule has 20 heavy (non-hydrogen) atoms. The van der Waals surface area contributed by atoms with Gasteiger partial charge >= 0.3 is 0 Å². The molecule has 0 radical (unpaired) electrons. The Balaban J connectivity index is 2.57. The molecule has 0 amide bonds. The fraction of sp³-hybridized carbons (Fsp3) is 0.308. The first-order chi connectivity index (χ1) is 9.56. The van der Waals surface area contributed by atoms with Crippen LogP contribution in [0.2, 0.25) is 10.0 Å². The zero-order chi connectivity index (χ0) is 14.7. The zero-order valence-corrected chi connectivity index (χ0v) is 12.4. The Hall–Kier alpha value is -1.59. The summed E-state index contributed by atoms with van der Waals surface area (Å²) in [7, 11) is 0. The van der Waals surface area contributed by atoms with Crippen molar-refractivity contribution in [2.75, 3.05) is 0 Å². The van der Waals surface area contributed by atoms with Crippen LogP contribution in [0.4, 0.5) is 0 Å². The summed E-state index contributed by atoms with van der Waals surface area (Å²) < 4.78 is 5.15. The van der Waals surface area contributed by atoms with E-state index in [2.05, 4.69) is 15.4 Å². The summed E-state index contributed by atoms with van der Waals surface area (Å²) in [6.07, 6.45) is -0.787. The van der Waals surface area contributed by atoms with Gasteiger partial charge in [-0.3, -0.25) is 4.79 Å². The Labute approximate surface area is 126 Å². The van der Waals surface area contributed by atoms with Crippen LogP contribution in [0, 0.1) is 0 Å². The third kappa shape index (κ3) is 2.78. The molecule has 5 nitrogen and oxygen atoms in total. The fourth-order valence-electron chi connectivity index (χ4n) is 1.95. The van der Waals surface area contributed by atoms with Crippen LogP contribution in [0.25, 0.3) is 0 Å². The number of aromatic amines is 1. The molecule has 1 N–H and O–H groups in total. The van der Waals surface area contributed by atoms with Crippen molar-refractivity contribution in [3.05, 3.63) is 45.2 Å². The predicted octanol–water partition coefficient (Wildman–Crippen LogP) is 3.50. The lowest BCUT2D eigenvalue weighted by Crippen LogP contribution is -2.10. The molecule has 2 aromatic rings. The minimum Gasteiger partial charge on any atom is -0.453 e. The van der Waals surface area contributed by atoms with Crippen molar-refractivity contribution in [2.24, 2.45) is 0 Å². The molecule has 0 fully saturated rings. The number of carbonyl (C=O) groups excluding carboxylic acids is 1. The number of carbonyl (C=O) groups is 1. The monoisotopic (exact) mass is 313 g/mol. The van der Waals surface area contributed by atoms with Gasteiger partial charge in [0.05, 0.1) is 5.69 Å². The van der Waals surface area contributed by atoms with E-state index < -0.39 is 6.10 Å². The van der Waals surface area contributed by atoms with E-state index in [1.54, 1.807) is 18.2 Å². The molecule has 7 heteroatoms. The molecule has 0 aliphatic rings. The van der Waals surface area contributed by atoms with Crippen molar-refractivity contribution in [1.82, 2.24) is 15.4 Å². The van der Waals surface area contributed by atoms with Crippen molar-refractivity contribution in [3.63, 3.8) is 0 Å². The molecule has 0 aliphatic heterocycles. The van der Waals surface area contributed by atoms with Gasteiger partial charge in [-0.2, -0.15) is 15.4 Å². The van der Waals surface area contributed by atoms with E-state index in [1.165, 1.54) is 0 Å². The highest BCUT2D eigenvalue weighted by Gasteiger charge is 2.28. The number of ether oxygens (including phenoxy) is 1. The van der Waals surface area contributed by atoms with Crippen LogP contribution < -0.4 is 0 Å². The van der Waals surface area contributed by atoms with Gasteiger partial charge in [0, 0.05) is 15.6 Å². The van der Waals surface area contributed by atoms with Gasteiger partial charge in [-0.1, -0.05) is 43.1 Å². The molecule has 1 aromatic carbocycles. The third-order valence-electron chi connectivity index (χ3n) is 2.85. The van der Waals surface area contributed by atoms with Crippen LogP contribution in [-0.2, 0) is 9.53 Å². The van der Waals surface area contributed by atoms with Gasteiger partial charge in [-0.25, -0.2) is 0 Å². The van der Waals surface area contributed by atoms with Gasteiger partial charge in [0.2, 0.25) is 0 Å². The first kappa shape index (κ1) is 14.8. The molecular formula is C13H13Cl2N3O2. The maximum Gasteiger partial charge on any atom is 0.294 e. The molecule has 1 heterocycles. The van der Waals surface area contributed by atoms with Crippen molar-refractivity contribution in [3.8, 4) is 0 Å². The molecule has 0 bridgehead atoms. The number of hydrogen-bond donors (Lipinski definition) is 1. The molecule has 2 rings (SSSR count). The molecular weight excluding hydrogens is 301 g/mol. The second kappa shape index (κ2) is 6.24. The van der Waals surface area contributed by atoms with Crippen molar-refractivity contribution in [1.29, 1.82) is 0 Å². The van der Waals surface area contributed by atoms with E-state index >= 15 is 0 Å². The molecule has 0 aliphatic carbocycles. The lowest BCUT2D eigenvalue weighted by molar-refractivity contribution is -0.132. The number of halogens is 2. The van der Waals surface area contributed by atoms with Gasteiger partial charge in [-0.05, 0) is 18.1 Å². The number of nitrogens with one attached hydrogen (secondary N) is 1. The Morgan fingerprint density at radius 2 is 1.80 bits per heavy atom. The van der Waals surface area contributed by atoms with E-state index in [-0.39, 0.29) is 5.92 Å². The molecule has 0 saturated heterocycles. The molecule has 0 spiro atoms. The minimum absolute atomic E-state index is 0.114. The van der Waals surface area contributed by atoms with Crippen LogP contribution in [0.1, 0.15) is 42.8 Å². The maximum absolute atomic E-state index is 10.8. The number of nitrogens with zero attached hydrogens (tertiary/aromatic N) is 2. The lowest BCUT2D eigenvalue weighted by atomic mass is 10.00. The summed E-state index contributed by atoms with van der Waals surface area (Å²) in [5.41, 5.74) is 1.70. The number of benzene rings is 1. The smallest absolute Gasteiger partial charge is 0.294 e. The van der Waals surface area contributed by atoms with Crippen LogP contribution in [0.15, 0.2) is 18.2 Å². The van der Waals surface area contributed by atoms with Gasteiger partial charge in [0.25, 0.3) is 6.47 Å².